The fraction of sp³-hybridized carbons (Fsp3) is 0.407. The van der Waals surface area contributed by atoms with Crippen LogP contribution in [0.5, 0.6) is 17.2 Å². The summed E-state index contributed by atoms with van der Waals surface area (Å²) in [5.41, 5.74) is 1.11. The number of rotatable bonds is 10. The van der Waals surface area contributed by atoms with Crippen molar-refractivity contribution in [2.24, 2.45) is 0 Å². The van der Waals surface area contributed by atoms with Crippen LogP contribution < -0.4 is 14.2 Å². The number of ether oxygens (including phenoxy) is 3. The van der Waals surface area contributed by atoms with Gasteiger partial charge < -0.3 is 29.1 Å². The Bertz CT molecular complexity index is 1090. The molecule has 0 saturated carbocycles. The van der Waals surface area contributed by atoms with Crippen LogP contribution in [0.3, 0.4) is 0 Å². The molecule has 0 aromatic heterocycles. The molecule has 0 aliphatic carbocycles. The summed E-state index contributed by atoms with van der Waals surface area (Å²) in [6, 6.07) is 11.3. The van der Waals surface area contributed by atoms with Gasteiger partial charge in [-0.2, -0.15) is 0 Å². The molecule has 1 fully saturated rings. The van der Waals surface area contributed by atoms with E-state index in [1.54, 1.807) is 42.5 Å². The molecule has 1 N–H and O–H groups in total. The number of methoxy groups -OCH3 is 1. The zero-order chi connectivity index (χ0) is 25.7. The monoisotopic (exact) mass is 482 g/mol. The second-order valence-electron chi connectivity index (χ2n) is 8.83. The molecule has 2 aromatic rings. The summed E-state index contributed by atoms with van der Waals surface area (Å²) >= 11 is 0. The zero-order valence-corrected chi connectivity index (χ0v) is 21.2. The van der Waals surface area contributed by atoms with Crippen LogP contribution in [0.4, 0.5) is 0 Å². The lowest BCUT2D eigenvalue weighted by atomic mass is 9.95. The molecule has 1 aliphatic heterocycles. The van der Waals surface area contributed by atoms with Gasteiger partial charge >= 0.3 is 0 Å². The molecular formula is C27H34N2O6. The highest BCUT2D eigenvalue weighted by Crippen LogP contribution is 2.42. The van der Waals surface area contributed by atoms with Crippen LogP contribution in [0.1, 0.15) is 37.9 Å². The topological polar surface area (TPSA) is 88.5 Å². The number of likely N-dealkylation sites (N-methyl/N-ethyl adjacent to an activating group) is 1. The van der Waals surface area contributed by atoms with E-state index in [-0.39, 0.29) is 17.4 Å². The summed E-state index contributed by atoms with van der Waals surface area (Å²) in [7, 11) is 5.32. The Balaban J connectivity index is 2.12. The summed E-state index contributed by atoms with van der Waals surface area (Å²) < 4.78 is 16.8. The largest absolute Gasteiger partial charge is 0.507 e. The average molecular weight is 483 g/mol. The molecule has 8 nitrogen and oxygen atoms in total. The number of aliphatic hydroxyl groups excluding tert-OH is 1. The fourth-order valence-corrected chi connectivity index (χ4v) is 4.01. The van der Waals surface area contributed by atoms with Crippen molar-refractivity contribution in [3.8, 4) is 17.2 Å². The quantitative estimate of drug-likeness (QED) is 0.312. The number of hydrogen-bond donors (Lipinski definition) is 1. The maximum Gasteiger partial charge on any atom is 0.295 e. The number of carbonyl (C=O) groups is 2. The van der Waals surface area contributed by atoms with Gasteiger partial charge in [-0.05, 0) is 76.8 Å². The van der Waals surface area contributed by atoms with Gasteiger partial charge in [-0.1, -0.05) is 6.07 Å². The smallest absolute Gasteiger partial charge is 0.295 e. The highest BCUT2D eigenvalue weighted by Gasteiger charge is 2.46. The lowest BCUT2D eigenvalue weighted by molar-refractivity contribution is -0.140. The Morgan fingerprint density at radius 2 is 1.77 bits per heavy atom. The molecule has 3 rings (SSSR count). The number of benzene rings is 2. The molecular weight excluding hydrogens is 448 g/mol. The minimum Gasteiger partial charge on any atom is -0.507 e. The van der Waals surface area contributed by atoms with E-state index in [9.17, 15) is 14.7 Å². The number of likely N-dealkylation sites (tertiary alicyclic amines) is 1. The number of nitrogens with zero attached hydrogens (tertiary/aromatic N) is 2. The number of hydrogen-bond acceptors (Lipinski definition) is 7. The van der Waals surface area contributed by atoms with Gasteiger partial charge in [0.05, 0.1) is 31.4 Å². The van der Waals surface area contributed by atoms with E-state index in [1.165, 1.54) is 12.0 Å². The van der Waals surface area contributed by atoms with Gasteiger partial charge in [0.15, 0.2) is 11.5 Å². The standard InChI is InChI=1S/C27H34N2O6/c1-7-34-21-13-10-19(16-22(21)33-6)24-23(26(31)27(32)29(24)15-14-28(4)5)25(30)18-8-11-20(12-9-18)35-17(2)3/h8-13,16-17,24,30H,7,14-15H2,1-6H3/t24-/m0/s1. The number of amides is 1. The van der Waals surface area contributed by atoms with Gasteiger partial charge in [-0.3, -0.25) is 9.59 Å². The zero-order valence-electron chi connectivity index (χ0n) is 21.2. The van der Waals surface area contributed by atoms with Crippen LogP contribution in [0.15, 0.2) is 48.0 Å². The normalized spacial score (nSPS) is 17.4. The van der Waals surface area contributed by atoms with Crippen LogP contribution in [-0.2, 0) is 9.59 Å². The molecule has 1 amide bonds. The average Bonchev–Trinajstić information content (AvgIpc) is 3.07. The van der Waals surface area contributed by atoms with Crippen LogP contribution in [0, 0.1) is 0 Å². The molecule has 1 aliphatic rings. The summed E-state index contributed by atoms with van der Waals surface area (Å²) in [4.78, 5) is 29.7. The van der Waals surface area contributed by atoms with Gasteiger partial charge in [0, 0.05) is 18.7 Å². The third-order valence-corrected chi connectivity index (χ3v) is 5.63. The highest BCUT2D eigenvalue weighted by molar-refractivity contribution is 6.46. The predicted octanol–water partition coefficient (Wildman–Crippen LogP) is 3.86. The van der Waals surface area contributed by atoms with Gasteiger partial charge in [-0.15, -0.1) is 0 Å². The van der Waals surface area contributed by atoms with Crippen molar-refractivity contribution >= 4 is 17.4 Å². The Labute approximate surface area is 206 Å². The van der Waals surface area contributed by atoms with Crippen LogP contribution >= 0.6 is 0 Å². The van der Waals surface area contributed by atoms with Gasteiger partial charge in [0.25, 0.3) is 11.7 Å². The van der Waals surface area contributed by atoms with Crippen molar-refractivity contribution in [1.29, 1.82) is 0 Å². The summed E-state index contributed by atoms with van der Waals surface area (Å²) in [5, 5.41) is 11.2. The van der Waals surface area contributed by atoms with Gasteiger partial charge in [-0.25, -0.2) is 0 Å². The second-order valence-corrected chi connectivity index (χ2v) is 8.83. The number of ketones is 1. The maximum absolute atomic E-state index is 13.2. The number of carbonyl (C=O) groups excluding carboxylic acids is 2. The van der Waals surface area contributed by atoms with Gasteiger partial charge in [0.1, 0.15) is 11.5 Å². The first-order valence-corrected chi connectivity index (χ1v) is 11.7. The van der Waals surface area contributed by atoms with Crippen molar-refractivity contribution in [3.63, 3.8) is 0 Å². The first-order valence-electron chi connectivity index (χ1n) is 11.7. The Kier molecular flexibility index (Phi) is 8.40. The molecule has 1 heterocycles. The lowest BCUT2D eigenvalue weighted by Crippen LogP contribution is -2.35. The Hall–Kier alpha value is -3.52. The maximum atomic E-state index is 13.2. The molecule has 1 saturated heterocycles. The van der Waals surface area contributed by atoms with Crippen molar-refractivity contribution in [3.05, 3.63) is 59.2 Å². The molecule has 2 aromatic carbocycles. The molecule has 0 bridgehead atoms. The lowest BCUT2D eigenvalue weighted by Gasteiger charge is -2.27. The van der Waals surface area contributed by atoms with Crippen molar-refractivity contribution in [2.75, 3.05) is 40.9 Å². The van der Waals surface area contributed by atoms with Crippen LogP contribution in [0.2, 0.25) is 0 Å². The molecule has 1 atom stereocenters. The molecule has 0 radical (unpaired) electrons. The van der Waals surface area contributed by atoms with E-state index >= 15 is 0 Å². The van der Waals surface area contributed by atoms with E-state index in [0.717, 1.165) is 0 Å². The SMILES string of the molecule is CCOc1ccc([C@H]2C(=C(O)c3ccc(OC(C)C)cc3)C(=O)C(=O)N2CCN(C)C)cc1OC. The first-order chi connectivity index (χ1) is 16.7. The molecule has 0 unspecified atom stereocenters. The number of Topliss-reactive ketones (excluding diaryl/α,β-unsaturated/α-hetero) is 1. The van der Waals surface area contributed by atoms with Crippen molar-refractivity contribution < 1.29 is 28.9 Å². The summed E-state index contributed by atoms with van der Waals surface area (Å²) in [6.45, 7) is 7.06. The summed E-state index contributed by atoms with van der Waals surface area (Å²) in [5.74, 6) is 0.0931. The summed E-state index contributed by atoms with van der Waals surface area (Å²) in [6.07, 6.45) is 0.00566. The fourth-order valence-electron chi connectivity index (χ4n) is 4.01. The van der Waals surface area contributed by atoms with Crippen molar-refractivity contribution in [2.45, 2.75) is 32.9 Å². The van der Waals surface area contributed by atoms with E-state index in [0.29, 0.717) is 48.1 Å². The van der Waals surface area contributed by atoms with E-state index in [4.69, 9.17) is 14.2 Å². The predicted molar refractivity (Wildman–Crippen MR) is 134 cm³/mol. The highest BCUT2D eigenvalue weighted by atomic mass is 16.5. The molecule has 188 valence electrons. The third kappa shape index (κ3) is 5.77. The minimum absolute atomic E-state index is 0.00566. The van der Waals surface area contributed by atoms with Crippen molar-refractivity contribution in [1.82, 2.24) is 9.80 Å². The van der Waals surface area contributed by atoms with Crippen LogP contribution in [0.25, 0.3) is 5.76 Å². The molecule has 0 spiro atoms. The third-order valence-electron chi connectivity index (χ3n) is 5.63. The number of aliphatic hydroxyl groups is 1. The van der Waals surface area contributed by atoms with E-state index < -0.39 is 17.7 Å². The Morgan fingerprint density at radius 1 is 1.09 bits per heavy atom. The first kappa shape index (κ1) is 26.1. The minimum atomic E-state index is -0.772. The van der Waals surface area contributed by atoms with Crippen LogP contribution in [-0.4, -0.2) is 73.6 Å². The van der Waals surface area contributed by atoms with E-state index in [1.807, 2.05) is 39.8 Å². The molecule has 8 heteroatoms. The second kappa shape index (κ2) is 11.3. The van der Waals surface area contributed by atoms with E-state index in [2.05, 4.69) is 0 Å². The van der Waals surface area contributed by atoms with Gasteiger partial charge in [0.2, 0.25) is 0 Å². The molecule has 35 heavy (non-hydrogen) atoms. The Morgan fingerprint density at radius 3 is 2.34 bits per heavy atom.